The van der Waals surface area contributed by atoms with Gasteiger partial charge in [-0.2, -0.15) is 5.26 Å². The molecule has 4 atom stereocenters. The average Bonchev–Trinajstić information content (AvgIpc) is 3.29. The molecule has 3 rings (SSSR count). The van der Waals surface area contributed by atoms with Gasteiger partial charge in [0.05, 0.1) is 19.2 Å². The van der Waals surface area contributed by atoms with Gasteiger partial charge in [0, 0.05) is 18.5 Å². The Hall–Kier alpha value is -1.19. The Bertz CT molecular complexity index is 569. The van der Waals surface area contributed by atoms with Crippen LogP contribution in [0.4, 0.5) is 4.39 Å². The molecule has 5 nitrogen and oxygen atoms in total. The summed E-state index contributed by atoms with van der Waals surface area (Å²) in [6.45, 7) is 10.6. The molecule has 0 aromatic carbocycles. The molecule has 146 valence electrons. The van der Waals surface area contributed by atoms with Crippen molar-refractivity contribution in [3.05, 3.63) is 0 Å². The molecule has 0 aromatic heterocycles. The Balaban J connectivity index is 1.58. The molecular formula is C20H33FN4O. The van der Waals surface area contributed by atoms with E-state index in [2.05, 4.69) is 37.1 Å². The Morgan fingerprint density at radius 1 is 1.31 bits per heavy atom. The van der Waals surface area contributed by atoms with Gasteiger partial charge in [0.15, 0.2) is 0 Å². The van der Waals surface area contributed by atoms with Gasteiger partial charge in [-0.3, -0.25) is 4.79 Å². The number of likely N-dealkylation sites (tertiary alicyclic amines) is 2. The average molecular weight is 365 g/mol. The topological polar surface area (TPSA) is 59.4 Å². The van der Waals surface area contributed by atoms with E-state index in [1.165, 1.54) is 30.8 Å². The Labute approximate surface area is 156 Å². The molecule has 6 heteroatoms. The van der Waals surface area contributed by atoms with Gasteiger partial charge in [0.2, 0.25) is 5.91 Å². The van der Waals surface area contributed by atoms with Crippen LogP contribution in [0.1, 0.15) is 52.9 Å². The third-order valence-electron chi connectivity index (χ3n) is 7.46. The van der Waals surface area contributed by atoms with Crippen LogP contribution in [0.15, 0.2) is 0 Å². The van der Waals surface area contributed by atoms with Gasteiger partial charge in [-0.05, 0) is 57.0 Å². The number of nitrogens with zero attached hydrogens (tertiary/aromatic N) is 3. The van der Waals surface area contributed by atoms with Crippen LogP contribution in [-0.4, -0.2) is 66.2 Å². The first-order valence-electron chi connectivity index (χ1n) is 10.1. The summed E-state index contributed by atoms with van der Waals surface area (Å²) in [7, 11) is 0. The fraction of sp³-hybridized carbons (Fsp3) is 0.900. The Morgan fingerprint density at radius 2 is 2.00 bits per heavy atom. The van der Waals surface area contributed by atoms with E-state index < -0.39 is 12.2 Å². The molecule has 3 aliphatic rings. The van der Waals surface area contributed by atoms with Gasteiger partial charge in [-0.1, -0.05) is 13.8 Å². The van der Waals surface area contributed by atoms with Gasteiger partial charge in [-0.15, -0.1) is 0 Å². The molecule has 1 amide bonds. The number of hydrogen-bond acceptors (Lipinski definition) is 4. The van der Waals surface area contributed by atoms with Gasteiger partial charge in [-0.25, -0.2) is 4.39 Å². The second-order valence-corrected chi connectivity index (χ2v) is 9.17. The van der Waals surface area contributed by atoms with Crippen molar-refractivity contribution in [3.8, 4) is 6.07 Å². The quantitative estimate of drug-likeness (QED) is 0.813. The zero-order valence-electron chi connectivity index (χ0n) is 16.4. The highest BCUT2D eigenvalue weighted by molar-refractivity contribution is 5.79. The van der Waals surface area contributed by atoms with E-state index in [9.17, 15) is 9.18 Å². The minimum atomic E-state index is -1.08. The van der Waals surface area contributed by atoms with Crippen molar-refractivity contribution in [3.63, 3.8) is 0 Å². The number of carbonyl (C=O) groups excluding carboxylic acids is 1. The molecule has 2 aliphatic heterocycles. The van der Waals surface area contributed by atoms with Crippen LogP contribution in [-0.2, 0) is 4.79 Å². The number of carbonyl (C=O) groups is 1. The van der Waals surface area contributed by atoms with Crippen molar-refractivity contribution in [1.29, 1.82) is 5.26 Å². The van der Waals surface area contributed by atoms with Crippen LogP contribution in [0.3, 0.4) is 0 Å². The lowest BCUT2D eigenvalue weighted by atomic mass is 9.71. The number of halogens is 1. The summed E-state index contributed by atoms with van der Waals surface area (Å²) in [6, 6.07) is 1.44. The lowest BCUT2D eigenvalue weighted by Crippen LogP contribution is -2.56. The number of nitriles is 1. The highest BCUT2D eigenvalue weighted by Crippen LogP contribution is 2.50. The number of alkyl halides is 1. The van der Waals surface area contributed by atoms with Crippen molar-refractivity contribution in [1.82, 2.24) is 15.1 Å². The largest absolute Gasteiger partial charge is 0.323 e. The fourth-order valence-electron chi connectivity index (χ4n) is 5.06. The molecule has 26 heavy (non-hydrogen) atoms. The number of nitrogens with one attached hydrogen (secondary N) is 1. The normalized spacial score (nSPS) is 37.2. The second kappa shape index (κ2) is 7.44. The Morgan fingerprint density at radius 3 is 2.65 bits per heavy atom. The molecule has 1 aliphatic carbocycles. The van der Waals surface area contributed by atoms with Crippen LogP contribution in [0.5, 0.6) is 0 Å². The molecule has 2 heterocycles. The monoisotopic (exact) mass is 364 g/mol. The van der Waals surface area contributed by atoms with Crippen molar-refractivity contribution in [2.24, 2.45) is 11.3 Å². The van der Waals surface area contributed by atoms with Crippen molar-refractivity contribution >= 4 is 5.91 Å². The SMILES string of the molecule is CC1(C)[C@H](CN2CCCC2)CC[C@]1(C)NCC(=O)N1C[C@@H](F)C[C@H]1C#N. The summed E-state index contributed by atoms with van der Waals surface area (Å²) in [5, 5.41) is 12.6. The van der Waals surface area contributed by atoms with E-state index in [-0.39, 0.29) is 36.4 Å². The van der Waals surface area contributed by atoms with Crippen molar-refractivity contribution in [2.75, 3.05) is 32.7 Å². The molecule has 0 aromatic rings. The van der Waals surface area contributed by atoms with E-state index in [0.29, 0.717) is 5.92 Å². The number of rotatable bonds is 5. The second-order valence-electron chi connectivity index (χ2n) is 9.17. The molecule has 0 unspecified atom stereocenters. The predicted molar refractivity (Wildman–Crippen MR) is 99.2 cm³/mol. The zero-order chi connectivity index (χ0) is 18.9. The van der Waals surface area contributed by atoms with E-state index in [1.54, 1.807) is 0 Å². The van der Waals surface area contributed by atoms with Gasteiger partial charge >= 0.3 is 0 Å². The lowest BCUT2D eigenvalue weighted by Gasteiger charge is -2.43. The predicted octanol–water partition coefficient (Wildman–Crippen LogP) is 2.33. The molecule has 0 spiro atoms. The van der Waals surface area contributed by atoms with Gasteiger partial charge in [0.25, 0.3) is 0 Å². The van der Waals surface area contributed by atoms with Crippen LogP contribution in [0, 0.1) is 22.7 Å². The summed E-state index contributed by atoms with van der Waals surface area (Å²) in [5.41, 5.74) is -0.0395. The summed E-state index contributed by atoms with van der Waals surface area (Å²) in [5.74, 6) is 0.457. The maximum atomic E-state index is 13.6. The maximum absolute atomic E-state index is 13.6. The molecule has 0 radical (unpaired) electrons. The van der Waals surface area contributed by atoms with E-state index in [1.807, 2.05) is 0 Å². The molecule has 2 saturated heterocycles. The van der Waals surface area contributed by atoms with Crippen LogP contribution in [0.25, 0.3) is 0 Å². The smallest absolute Gasteiger partial charge is 0.237 e. The van der Waals surface area contributed by atoms with Crippen LogP contribution in [0.2, 0.25) is 0 Å². The summed E-state index contributed by atoms with van der Waals surface area (Å²) >= 11 is 0. The first-order valence-corrected chi connectivity index (χ1v) is 10.1. The van der Waals surface area contributed by atoms with Gasteiger partial charge < -0.3 is 15.1 Å². The zero-order valence-corrected chi connectivity index (χ0v) is 16.4. The fourth-order valence-corrected chi connectivity index (χ4v) is 5.06. The molecule has 1 saturated carbocycles. The maximum Gasteiger partial charge on any atom is 0.237 e. The summed E-state index contributed by atoms with van der Waals surface area (Å²) in [6.07, 6.45) is 3.89. The van der Waals surface area contributed by atoms with E-state index in [4.69, 9.17) is 5.26 Å². The molecule has 0 bridgehead atoms. The first kappa shape index (κ1) is 19.6. The number of hydrogen-bond donors (Lipinski definition) is 1. The molecule has 3 fully saturated rings. The first-order chi connectivity index (χ1) is 12.3. The van der Waals surface area contributed by atoms with Crippen LogP contribution < -0.4 is 5.32 Å². The standard InChI is InChI=1S/C20H33FN4O/c1-19(2)15(13-24-8-4-5-9-24)6-7-20(19,3)23-12-18(26)25-14-16(21)10-17(25)11-22/h15-17,23H,4-10,12-14H2,1-3H3/t15-,16-,17-,20-/m0/s1. The third kappa shape index (κ3) is 3.61. The minimum Gasteiger partial charge on any atom is -0.323 e. The Kier molecular flexibility index (Phi) is 5.60. The molecule has 1 N–H and O–H groups in total. The highest BCUT2D eigenvalue weighted by Gasteiger charge is 2.51. The van der Waals surface area contributed by atoms with Crippen molar-refractivity contribution in [2.45, 2.75) is 70.6 Å². The number of amides is 1. The lowest BCUT2D eigenvalue weighted by molar-refractivity contribution is -0.131. The summed E-state index contributed by atoms with van der Waals surface area (Å²) < 4.78 is 13.6. The molecular weight excluding hydrogens is 331 g/mol. The van der Waals surface area contributed by atoms with Crippen LogP contribution >= 0.6 is 0 Å². The summed E-state index contributed by atoms with van der Waals surface area (Å²) in [4.78, 5) is 16.6. The van der Waals surface area contributed by atoms with Gasteiger partial charge in [0.1, 0.15) is 12.2 Å². The highest BCUT2D eigenvalue weighted by atomic mass is 19.1. The van der Waals surface area contributed by atoms with E-state index in [0.717, 1.165) is 19.4 Å². The van der Waals surface area contributed by atoms with E-state index >= 15 is 0 Å². The minimum absolute atomic E-state index is 0.0520. The third-order valence-corrected chi connectivity index (χ3v) is 7.46. The van der Waals surface area contributed by atoms with Crippen molar-refractivity contribution < 1.29 is 9.18 Å².